The lowest BCUT2D eigenvalue weighted by atomic mass is 9.86. The van der Waals surface area contributed by atoms with Gasteiger partial charge in [0.15, 0.2) is 0 Å². The zero-order valence-electron chi connectivity index (χ0n) is 10.8. The number of aliphatic hydroxyl groups excluding tert-OH is 1. The third-order valence-corrected chi connectivity index (χ3v) is 4.13. The number of carbonyl (C=O) groups excluding carboxylic acids is 1. The van der Waals surface area contributed by atoms with Crippen LogP contribution in [0.2, 0.25) is 0 Å². The van der Waals surface area contributed by atoms with Gasteiger partial charge in [0.1, 0.15) is 17.2 Å². The number of nitrogens with one attached hydrogen (secondary N) is 1. The summed E-state index contributed by atoms with van der Waals surface area (Å²) in [5.41, 5.74) is -0.544. The fraction of sp³-hybridized carbons (Fsp3) is 0.500. The van der Waals surface area contributed by atoms with Gasteiger partial charge in [-0.05, 0) is 43.7 Å². The van der Waals surface area contributed by atoms with Gasteiger partial charge in [-0.1, -0.05) is 15.9 Å². The van der Waals surface area contributed by atoms with Crippen LogP contribution in [-0.4, -0.2) is 23.7 Å². The Morgan fingerprint density at radius 1 is 1.25 bits per heavy atom. The summed E-state index contributed by atoms with van der Waals surface area (Å²) in [6, 6.07) is 2.05. The van der Waals surface area contributed by atoms with E-state index in [4.69, 9.17) is 5.11 Å². The summed E-state index contributed by atoms with van der Waals surface area (Å²) < 4.78 is 27.6. The Morgan fingerprint density at radius 3 is 2.30 bits per heavy atom. The molecule has 0 radical (unpaired) electrons. The minimum absolute atomic E-state index is 0.0900. The fourth-order valence-corrected chi connectivity index (χ4v) is 2.91. The number of amides is 1. The minimum Gasteiger partial charge on any atom is -0.396 e. The third kappa shape index (κ3) is 3.55. The molecule has 1 aromatic rings. The molecule has 2 rings (SSSR count). The summed E-state index contributed by atoms with van der Waals surface area (Å²) >= 11 is 2.97. The van der Waals surface area contributed by atoms with E-state index in [1.165, 1.54) is 0 Å². The van der Waals surface area contributed by atoms with Crippen molar-refractivity contribution >= 4 is 21.8 Å². The molecule has 1 amide bonds. The molecule has 6 heteroatoms. The number of aliphatic hydroxyl groups is 1. The molecule has 0 saturated heterocycles. The van der Waals surface area contributed by atoms with E-state index in [1.54, 1.807) is 0 Å². The van der Waals surface area contributed by atoms with Crippen molar-refractivity contribution in [3.05, 3.63) is 33.8 Å². The van der Waals surface area contributed by atoms with E-state index >= 15 is 0 Å². The monoisotopic (exact) mass is 347 g/mol. The van der Waals surface area contributed by atoms with E-state index in [0.29, 0.717) is 0 Å². The molecule has 0 heterocycles. The first kappa shape index (κ1) is 15.4. The van der Waals surface area contributed by atoms with Crippen LogP contribution >= 0.6 is 15.9 Å². The van der Waals surface area contributed by atoms with Gasteiger partial charge in [-0.3, -0.25) is 4.79 Å². The van der Waals surface area contributed by atoms with Crippen LogP contribution in [0.1, 0.15) is 36.0 Å². The summed E-state index contributed by atoms with van der Waals surface area (Å²) in [6.07, 6.45) is 3.06. The van der Waals surface area contributed by atoms with Gasteiger partial charge in [0.2, 0.25) is 0 Å². The number of halogens is 3. The maximum atomic E-state index is 13.7. The van der Waals surface area contributed by atoms with E-state index in [2.05, 4.69) is 21.2 Å². The standard InChI is InChI=1S/C14H16BrF2NO2/c15-9-5-11(16)13(12(17)6-9)14(20)18-10-3-1-8(7-19)2-4-10/h5-6,8,10,19H,1-4,7H2,(H,18,20). The number of rotatable bonds is 3. The van der Waals surface area contributed by atoms with Crippen LogP contribution in [0.4, 0.5) is 8.78 Å². The molecule has 0 atom stereocenters. The van der Waals surface area contributed by atoms with Gasteiger partial charge in [-0.15, -0.1) is 0 Å². The van der Waals surface area contributed by atoms with Gasteiger partial charge in [0.25, 0.3) is 5.91 Å². The summed E-state index contributed by atoms with van der Waals surface area (Å²) in [4.78, 5) is 12.0. The lowest BCUT2D eigenvalue weighted by Crippen LogP contribution is -2.38. The summed E-state index contributed by atoms with van der Waals surface area (Å²) in [6.45, 7) is 0.149. The molecule has 0 aromatic heterocycles. The largest absolute Gasteiger partial charge is 0.396 e. The topological polar surface area (TPSA) is 49.3 Å². The molecule has 1 aliphatic carbocycles. The SMILES string of the molecule is O=C(NC1CCC(CO)CC1)c1c(F)cc(Br)cc1F. The highest BCUT2D eigenvalue weighted by Gasteiger charge is 2.25. The van der Waals surface area contributed by atoms with Gasteiger partial charge in [-0.2, -0.15) is 0 Å². The highest BCUT2D eigenvalue weighted by Crippen LogP contribution is 2.25. The lowest BCUT2D eigenvalue weighted by molar-refractivity contribution is 0.0905. The smallest absolute Gasteiger partial charge is 0.257 e. The molecule has 1 saturated carbocycles. The predicted octanol–water partition coefficient (Wildman–Crippen LogP) is 3.01. The van der Waals surface area contributed by atoms with E-state index in [0.717, 1.165) is 37.8 Å². The van der Waals surface area contributed by atoms with Gasteiger partial charge >= 0.3 is 0 Å². The highest BCUT2D eigenvalue weighted by molar-refractivity contribution is 9.10. The Bertz CT molecular complexity index is 479. The van der Waals surface area contributed by atoms with E-state index < -0.39 is 23.1 Å². The van der Waals surface area contributed by atoms with Crippen LogP contribution in [0.25, 0.3) is 0 Å². The molecule has 3 nitrogen and oxygen atoms in total. The van der Waals surface area contributed by atoms with Crippen molar-refractivity contribution in [2.75, 3.05) is 6.61 Å². The first-order valence-corrected chi connectivity index (χ1v) is 7.36. The summed E-state index contributed by atoms with van der Waals surface area (Å²) in [5, 5.41) is 11.7. The maximum Gasteiger partial charge on any atom is 0.257 e. The van der Waals surface area contributed by atoms with Crippen molar-refractivity contribution in [1.29, 1.82) is 0 Å². The molecule has 0 unspecified atom stereocenters. The molecule has 1 aliphatic rings. The van der Waals surface area contributed by atoms with Crippen molar-refractivity contribution < 1.29 is 18.7 Å². The van der Waals surface area contributed by atoms with Crippen molar-refractivity contribution in [2.45, 2.75) is 31.7 Å². The van der Waals surface area contributed by atoms with Gasteiger partial charge < -0.3 is 10.4 Å². The second-order valence-electron chi connectivity index (χ2n) is 5.12. The van der Waals surface area contributed by atoms with Crippen molar-refractivity contribution in [2.24, 2.45) is 5.92 Å². The number of carbonyl (C=O) groups is 1. The average Bonchev–Trinajstić information content (AvgIpc) is 2.38. The van der Waals surface area contributed by atoms with Crippen LogP contribution in [-0.2, 0) is 0 Å². The molecule has 1 fully saturated rings. The Labute approximate surface area is 124 Å². The van der Waals surface area contributed by atoms with E-state index in [-0.39, 0.29) is 23.0 Å². The Balaban J connectivity index is 2.03. The quantitative estimate of drug-likeness (QED) is 0.882. The molecule has 1 aromatic carbocycles. The Kier molecular flexibility index (Phi) is 5.10. The predicted molar refractivity (Wildman–Crippen MR) is 74.4 cm³/mol. The highest BCUT2D eigenvalue weighted by atomic mass is 79.9. The van der Waals surface area contributed by atoms with Gasteiger partial charge in [0.05, 0.1) is 0 Å². The van der Waals surface area contributed by atoms with Crippen molar-refractivity contribution in [3.8, 4) is 0 Å². The second-order valence-corrected chi connectivity index (χ2v) is 6.03. The minimum atomic E-state index is -0.876. The molecule has 110 valence electrons. The number of hydrogen-bond donors (Lipinski definition) is 2. The normalized spacial score (nSPS) is 22.6. The van der Waals surface area contributed by atoms with Crippen LogP contribution in [0, 0.1) is 17.6 Å². The molecule has 0 spiro atoms. The molecule has 2 N–H and O–H groups in total. The maximum absolute atomic E-state index is 13.7. The van der Waals surface area contributed by atoms with Crippen LogP contribution in [0.5, 0.6) is 0 Å². The molecular formula is C14H16BrF2NO2. The lowest BCUT2D eigenvalue weighted by Gasteiger charge is -2.28. The molecule has 0 bridgehead atoms. The number of hydrogen-bond acceptors (Lipinski definition) is 2. The first-order chi connectivity index (χ1) is 9.51. The average molecular weight is 348 g/mol. The Hall–Kier alpha value is -1.01. The second kappa shape index (κ2) is 6.63. The zero-order valence-corrected chi connectivity index (χ0v) is 12.4. The molecule has 0 aliphatic heterocycles. The zero-order chi connectivity index (χ0) is 14.7. The molecular weight excluding hydrogens is 332 g/mol. The van der Waals surface area contributed by atoms with Crippen LogP contribution < -0.4 is 5.32 Å². The van der Waals surface area contributed by atoms with Crippen LogP contribution in [0.15, 0.2) is 16.6 Å². The van der Waals surface area contributed by atoms with Crippen molar-refractivity contribution in [3.63, 3.8) is 0 Å². The first-order valence-electron chi connectivity index (χ1n) is 6.57. The summed E-state index contributed by atoms with van der Waals surface area (Å²) in [7, 11) is 0. The van der Waals surface area contributed by atoms with E-state index in [1.807, 2.05) is 0 Å². The Morgan fingerprint density at radius 2 is 1.80 bits per heavy atom. The third-order valence-electron chi connectivity index (χ3n) is 3.67. The van der Waals surface area contributed by atoms with E-state index in [9.17, 15) is 13.6 Å². The van der Waals surface area contributed by atoms with Crippen molar-refractivity contribution in [1.82, 2.24) is 5.32 Å². The van der Waals surface area contributed by atoms with Gasteiger partial charge in [-0.25, -0.2) is 8.78 Å². The molecule has 20 heavy (non-hydrogen) atoms. The number of benzene rings is 1. The fourth-order valence-electron chi connectivity index (χ4n) is 2.51. The van der Waals surface area contributed by atoms with Crippen LogP contribution in [0.3, 0.4) is 0 Å². The summed E-state index contributed by atoms with van der Waals surface area (Å²) in [5.74, 6) is -2.21. The van der Waals surface area contributed by atoms with Gasteiger partial charge in [0, 0.05) is 17.1 Å².